The van der Waals surface area contributed by atoms with Crippen LogP contribution in [0.1, 0.15) is 45.6 Å². The Morgan fingerprint density at radius 2 is 2.04 bits per heavy atom. The zero-order valence-corrected chi connectivity index (χ0v) is 17.5. The number of Topliss-reactive ketones (excluding diaryl/α,β-unsaturated/α-hetero) is 1. The summed E-state index contributed by atoms with van der Waals surface area (Å²) in [4.78, 5) is 27.3. The van der Waals surface area contributed by atoms with E-state index in [-0.39, 0.29) is 35.1 Å². The number of carbonyl (C=O) groups is 2. The molecule has 1 aromatic rings. The van der Waals surface area contributed by atoms with Crippen molar-refractivity contribution in [1.29, 1.82) is 0 Å². The molecule has 0 bridgehead atoms. The molecule has 3 rings (SSSR count). The number of nitrogens with zero attached hydrogens (tertiary/aromatic N) is 1. The molecule has 0 unspecified atom stereocenters. The molecule has 1 heterocycles. The third-order valence-corrected chi connectivity index (χ3v) is 5.79. The van der Waals surface area contributed by atoms with Crippen molar-refractivity contribution in [3.63, 3.8) is 0 Å². The predicted octanol–water partition coefficient (Wildman–Crippen LogP) is 4.40. The molecule has 2 fully saturated rings. The van der Waals surface area contributed by atoms with Gasteiger partial charge in [0, 0.05) is 25.0 Å². The van der Waals surface area contributed by atoms with E-state index >= 15 is 0 Å². The molecule has 1 saturated heterocycles. The van der Waals surface area contributed by atoms with Gasteiger partial charge in [-0.3, -0.25) is 9.69 Å². The van der Waals surface area contributed by atoms with Crippen LogP contribution in [0.15, 0.2) is 18.2 Å². The SMILES string of the molecule is COC[C@@]12C[C@@H]1N(C(=O)OC(C)(C)C)[C@H](C(=O)CCc1cccc(Cl)c1F)C2. The largest absolute Gasteiger partial charge is 0.444 e. The zero-order valence-electron chi connectivity index (χ0n) is 16.8. The molecule has 0 N–H and O–H groups in total. The van der Waals surface area contributed by atoms with Gasteiger partial charge in [0.1, 0.15) is 11.4 Å². The quantitative estimate of drug-likeness (QED) is 0.696. The highest BCUT2D eigenvalue weighted by Crippen LogP contribution is 2.60. The van der Waals surface area contributed by atoms with Crippen molar-refractivity contribution in [2.75, 3.05) is 13.7 Å². The van der Waals surface area contributed by atoms with E-state index in [1.165, 1.54) is 6.07 Å². The van der Waals surface area contributed by atoms with Crippen LogP contribution in [0.4, 0.5) is 9.18 Å². The number of likely N-dealkylation sites (tertiary alicyclic amines) is 1. The molecule has 7 heteroatoms. The number of carbonyl (C=O) groups excluding carboxylic acids is 2. The molecule has 2 aliphatic rings. The first-order valence-electron chi connectivity index (χ1n) is 9.54. The minimum Gasteiger partial charge on any atom is -0.444 e. The first kappa shape index (κ1) is 21.1. The summed E-state index contributed by atoms with van der Waals surface area (Å²) in [6, 6.07) is 4.16. The topological polar surface area (TPSA) is 55.8 Å². The third-order valence-electron chi connectivity index (χ3n) is 5.50. The fourth-order valence-corrected chi connectivity index (χ4v) is 4.34. The van der Waals surface area contributed by atoms with Gasteiger partial charge in [-0.25, -0.2) is 9.18 Å². The molecule has 1 saturated carbocycles. The molecular weight excluding hydrogens is 385 g/mol. The van der Waals surface area contributed by atoms with Crippen molar-refractivity contribution in [3.05, 3.63) is 34.6 Å². The van der Waals surface area contributed by atoms with Crippen LogP contribution in [0, 0.1) is 11.2 Å². The Hall–Kier alpha value is -1.66. The van der Waals surface area contributed by atoms with Crippen molar-refractivity contribution < 1.29 is 23.5 Å². The Morgan fingerprint density at radius 1 is 1.32 bits per heavy atom. The summed E-state index contributed by atoms with van der Waals surface area (Å²) in [6.07, 6.45) is 1.28. The fourth-order valence-electron chi connectivity index (χ4n) is 4.15. The summed E-state index contributed by atoms with van der Waals surface area (Å²) in [7, 11) is 1.62. The molecule has 1 amide bonds. The van der Waals surface area contributed by atoms with Gasteiger partial charge < -0.3 is 9.47 Å². The Labute approximate surface area is 170 Å². The summed E-state index contributed by atoms with van der Waals surface area (Å²) in [6.45, 7) is 5.91. The smallest absolute Gasteiger partial charge is 0.411 e. The lowest BCUT2D eigenvalue weighted by molar-refractivity contribution is -0.124. The lowest BCUT2D eigenvalue weighted by Gasteiger charge is -2.29. The van der Waals surface area contributed by atoms with Crippen molar-refractivity contribution >= 4 is 23.5 Å². The van der Waals surface area contributed by atoms with Gasteiger partial charge >= 0.3 is 6.09 Å². The summed E-state index contributed by atoms with van der Waals surface area (Å²) in [5.41, 5.74) is -0.414. The molecule has 0 aromatic heterocycles. The van der Waals surface area contributed by atoms with E-state index in [0.717, 1.165) is 6.42 Å². The van der Waals surface area contributed by atoms with E-state index in [2.05, 4.69) is 0 Å². The fraction of sp³-hybridized carbons (Fsp3) is 0.619. The number of piperidine rings is 1. The number of rotatable bonds is 6. The van der Waals surface area contributed by atoms with Crippen LogP contribution in [0.5, 0.6) is 0 Å². The Balaban J connectivity index is 1.73. The van der Waals surface area contributed by atoms with Crippen LogP contribution in [0.25, 0.3) is 0 Å². The van der Waals surface area contributed by atoms with Crippen LogP contribution in [0.2, 0.25) is 5.02 Å². The van der Waals surface area contributed by atoms with E-state index in [9.17, 15) is 14.0 Å². The number of benzene rings is 1. The van der Waals surface area contributed by atoms with E-state index in [1.807, 2.05) is 0 Å². The maximum Gasteiger partial charge on any atom is 0.411 e. The Bertz CT molecular complexity index is 778. The molecule has 1 aliphatic carbocycles. The molecule has 5 nitrogen and oxygen atoms in total. The number of hydrogen-bond acceptors (Lipinski definition) is 4. The molecular formula is C21H27ClFNO4. The van der Waals surface area contributed by atoms with E-state index < -0.39 is 23.6 Å². The van der Waals surface area contributed by atoms with Gasteiger partial charge in [0.15, 0.2) is 5.78 Å². The molecule has 0 spiro atoms. The molecule has 1 aromatic carbocycles. The number of aryl methyl sites for hydroxylation is 1. The van der Waals surface area contributed by atoms with Gasteiger partial charge in [-0.15, -0.1) is 0 Å². The van der Waals surface area contributed by atoms with Crippen molar-refractivity contribution in [2.24, 2.45) is 5.41 Å². The lowest BCUT2D eigenvalue weighted by Crippen LogP contribution is -2.45. The van der Waals surface area contributed by atoms with Crippen LogP contribution in [-0.2, 0) is 20.7 Å². The maximum absolute atomic E-state index is 14.1. The number of halogens is 2. The average molecular weight is 412 g/mol. The minimum absolute atomic E-state index is 0.0424. The van der Waals surface area contributed by atoms with Gasteiger partial charge in [0.2, 0.25) is 0 Å². The van der Waals surface area contributed by atoms with Crippen molar-refractivity contribution in [2.45, 2.75) is 64.1 Å². The predicted molar refractivity (Wildman–Crippen MR) is 104 cm³/mol. The Kier molecular flexibility index (Phi) is 5.74. The monoisotopic (exact) mass is 411 g/mol. The number of methoxy groups -OCH3 is 1. The van der Waals surface area contributed by atoms with Crippen LogP contribution in [-0.4, -0.2) is 48.2 Å². The summed E-state index contributed by atoms with van der Waals surface area (Å²) >= 11 is 5.82. The van der Waals surface area contributed by atoms with Crippen molar-refractivity contribution in [1.82, 2.24) is 4.90 Å². The van der Waals surface area contributed by atoms with Gasteiger partial charge in [-0.05, 0) is 51.7 Å². The second-order valence-electron chi connectivity index (χ2n) is 8.80. The lowest BCUT2D eigenvalue weighted by atomic mass is 9.95. The highest BCUT2D eigenvalue weighted by atomic mass is 35.5. The standard InChI is InChI=1S/C21H27ClFNO4/c1-20(2,3)28-19(26)24-15(10-21(12-27-4)11-17(21)24)16(25)9-8-13-6-5-7-14(22)18(13)23/h5-7,15,17H,8-12H2,1-4H3/t15-,17-,21+/m0/s1. The van der Waals surface area contributed by atoms with Crippen LogP contribution < -0.4 is 0 Å². The highest BCUT2D eigenvalue weighted by molar-refractivity contribution is 6.30. The van der Waals surface area contributed by atoms with Gasteiger partial charge in [-0.2, -0.15) is 0 Å². The van der Waals surface area contributed by atoms with Crippen molar-refractivity contribution in [3.8, 4) is 0 Å². The van der Waals surface area contributed by atoms with Gasteiger partial charge in [0.05, 0.1) is 17.7 Å². The van der Waals surface area contributed by atoms with E-state index in [1.54, 1.807) is 44.9 Å². The number of ether oxygens (including phenoxy) is 2. The Morgan fingerprint density at radius 3 is 2.68 bits per heavy atom. The number of hydrogen-bond donors (Lipinski definition) is 0. The third kappa shape index (κ3) is 4.18. The van der Waals surface area contributed by atoms with E-state index in [4.69, 9.17) is 21.1 Å². The number of fused-ring (bicyclic) bond motifs is 1. The first-order chi connectivity index (χ1) is 13.1. The summed E-state index contributed by atoms with van der Waals surface area (Å²) in [5, 5.41) is 0.0430. The normalized spacial score (nSPS) is 26.1. The van der Waals surface area contributed by atoms with Crippen LogP contribution in [0.3, 0.4) is 0 Å². The zero-order chi connectivity index (χ0) is 20.7. The number of ketones is 1. The highest BCUT2D eigenvalue weighted by Gasteiger charge is 2.67. The maximum atomic E-state index is 14.1. The molecule has 28 heavy (non-hydrogen) atoms. The van der Waals surface area contributed by atoms with Crippen LogP contribution >= 0.6 is 11.6 Å². The minimum atomic E-state index is -0.643. The summed E-state index contributed by atoms with van der Waals surface area (Å²) < 4.78 is 25.0. The van der Waals surface area contributed by atoms with Gasteiger partial charge in [0.25, 0.3) is 0 Å². The average Bonchev–Trinajstić information content (AvgIpc) is 3.18. The first-order valence-corrected chi connectivity index (χ1v) is 9.91. The molecule has 154 valence electrons. The molecule has 1 aliphatic heterocycles. The van der Waals surface area contributed by atoms with E-state index in [0.29, 0.717) is 18.6 Å². The second kappa shape index (κ2) is 7.64. The number of amides is 1. The summed E-state index contributed by atoms with van der Waals surface area (Å²) in [5.74, 6) is -0.584. The molecule has 3 atom stereocenters. The molecule has 0 radical (unpaired) electrons. The second-order valence-corrected chi connectivity index (χ2v) is 9.21. The van der Waals surface area contributed by atoms with Gasteiger partial charge in [-0.1, -0.05) is 23.7 Å².